The Morgan fingerprint density at radius 1 is 1.30 bits per heavy atom. The molecule has 0 aromatic carbocycles. The third-order valence-corrected chi connectivity index (χ3v) is 2.31. The maximum Gasteiger partial charge on any atom is 0.323 e. The molecule has 0 aliphatic carbocycles. The number of nitrogens with one attached hydrogen (secondary N) is 3. The Kier molecular flexibility index (Phi) is 6.44. The molecule has 0 radical (unpaired) electrons. The van der Waals surface area contributed by atoms with Crippen LogP contribution in [-0.2, 0) is 4.79 Å². The molecule has 1 atom stereocenters. The lowest BCUT2D eigenvalue weighted by atomic mass is 10.3. The second kappa shape index (κ2) is 8.10. The predicted molar refractivity (Wildman–Crippen MR) is 75.2 cm³/mol. The average Bonchev–Trinajstić information content (AvgIpc) is 2.44. The van der Waals surface area contributed by atoms with Gasteiger partial charge in [-0.1, -0.05) is 6.92 Å². The van der Waals surface area contributed by atoms with Gasteiger partial charge in [0.05, 0.1) is 6.61 Å². The lowest BCUT2D eigenvalue weighted by Crippen LogP contribution is -2.38. The molecule has 1 heterocycles. The molecule has 20 heavy (non-hydrogen) atoms. The molecular weight excluding hydrogens is 262 g/mol. The summed E-state index contributed by atoms with van der Waals surface area (Å²) in [5.74, 6) is 5.52. The highest BCUT2D eigenvalue weighted by Crippen LogP contribution is 2.11. The molecule has 0 aliphatic rings. The van der Waals surface area contributed by atoms with E-state index in [1.165, 1.54) is 0 Å². The van der Waals surface area contributed by atoms with Crippen LogP contribution in [0.2, 0.25) is 0 Å². The van der Waals surface area contributed by atoms with Crippen LogP contribution in [0.4, 0.5) is 11.9 Å². The molecule has 1 aromatic heterocycles. The number of nitrogens with zero attached hydrogens (tertiary/aromatic N) is 3. The first kappa shape index (κ1) is 15.9. The quantitative estimate of drug-likeness (QED) is 0.384. The first-order valence-corrected chi connectivity index (χ1v) is 6.50. The molecule has 1 unspecified atom stereocenters. The first-order valence-electron chi connectivity index (χ1n) is 6.50. The molecule has 0 fully saturated rings. The van der Waals surface area contributed by atoms with Crippen molar-refractivity contribution in [3.8, 4) is 6.01 Å². The van der Waals surface area contributed by atoms with Gasteiger partial charge in [0.1, 0.15) is 6.04 Å². The number of ether oxygens (including phenoxy) is 1. The Morgan fingerprint density at radius 2 is 2.00 bits per heavy atom. The molecule has 0 saturated carbocycles. The summed E-state index contributed by atoms with van der Waals surface area (Å²) in [6.45, 7) is 6.55. The van der Waals surface area contributed by atoms with Crippen molar-refractivity contribution in [3.63, 3.8) is 0 Å². The lowest BCUT2D eigenvalue weighted by molar-refractivity contribution is -0.121. The van der Waals surface area contributed by atoms with E-state index < -0.39 is 6.04 Å². The molecule has 1 aromatic rings. The van der Waals surface area contributed by atoms with Crippen LogP contribution in [0, 0.1) is 0 Å². The molecule has 5 N–H and O–H groups in total. The highest BCUT2D eigenvalue weighted by Gasteiger charge is 2.15. The van der Waals surface area contributed by atoms with Gasteiger partial charge in [0.25, 0.3) is 0 Å². The molecule has 0 spiro atoms. The Bertz CT molecular complexity index is 441. The number of nitrogen functional groups attached to an aromatic ring is 1. The van der Waals surface area contributed by atoms with E-state index in [0.29, 0.717) is 13.2 Å². The fraction of sp³-hybridized carbons (Fsp3) is 0.636. The number of hydrazine groups is 1. The largest absolute Gasteiger partial charge is 0.464 e. The molecule has 0 bridgehead atoms. The highest BCUT2D eigenvalue weighted by molar-refractivity contribution is 5.83. The molecule has 9 heteroatoms. The summed E-state index contributed by atoms with van der Waals surface area (Å²) >= 11 is 0. The molecule has 1 amide bonds. The number of nitrogens with two attached hydrogens (primary N) is 1. The molecular formula is C11H21N7O2. The van der Waals surface area contributed by atoms with Gasteiger partial charge in [0, 0.05) is 6.54 Å². The van der Waals surface area contributed by atoms with Crippen molar-refractivity contribution in [2.45, 2.75) is 33.2 Å². The molecule has 112 valence electrons. The SMILES string of the molecule is CCCNC(=O)C(C)Nc1nc(NN)nc(OCC)n1. The minimum atomic E-state index is -0.482. The van der Waals surface area contributed by atoms with E-state index in [1.54, 1.807) is 6.92 Å². The van der Waals surface area contributed by atoms with E-state index in [-0.39, 0.29) is 23.8 Å². The third kappa shape index (κ3) is 4.84. The van der Waals surface area contributed by atoms with E-state index in [4.69, 9.17) is 10.6 Å². The topological polar surface area (TPSA) is 127 Å². The zero-order valence-corrected chi connectivity index (χ0v) is 11.9. The van der Waals surface area contributed by atoms with Gasteiger partial charge in [-0.05, 0) is 20.3 Å². The Morgan fingerprint density at radius 3 is 2.60 bits per heavy atom. The van der Waals surface area contributed by atoms with Crippen LogP contribution in [-0.4, -0.2) is 40.1 Å². The minimum absolute atomic E-state index is 0.132. The van der Waals surface area contributed by atoms with Gasteiger partial charge in [-0.15, -0.1) is 0 Å². The van der Waals surface area contributed by atoms with Crippen LogP contribution in [0.25, 0.3) is 0 Å². The second-order valence-electron chi connectivity index (χ2n) is 4.00. The summed E-state index contributed by atoms with van der Waals surface area (Å²) < 4.78 is 5.20. The Hall–Kier alpha value is -2.16. The number of rotatable bonds is 8. The average molecular weight is 283 g/mol. The van der Waals surface area contributed by atoms with Crippen LogP contribution in [0.3, 0.4) is 0 Å². The number of aromatic nitrogens is 3. The number of amides is 1. The maximum absolute atomic E-state index is 11.8. The zero-order chi connectivity index (χ0) is 15.0. The molecule has 1 rings (SSSR count). The second-order valence-corrected chi connectivity index (χ2v) is 4.00. The summed E-state index contributed by atoms with van der Waals surface area (Å²) in [7, 11) is 0. The van der Waals surface area contributed by atoms with Gasteiger partial charge < -0.3 is 15.4 Å². The molecule has 0 aliphatic heterocycles. The third-order valence-electron chi connectivity index (χ3n) is 2.31. The Labute approximate surface area is 117 Å². The van der Waals surface area contributed by atoms with Crippen LogP contribution in [0.1, 0.15) is 27.2 Å². The molecule has 0 saturated heterocycles. The van der Waals surface area contributed by atoms with Crippen LogP contribution < -0.4 is 26.6 Å². The van der Waals surface area contributed by atoms with Gasteiger partial charge >= 0.3 is 6.01 Å². The monoisotopic (exact) mass is 283 g/mol. The summed E-state index contributed by atoms with van der Waals surface area (Å²) in [6, 6.07) is -0.344. The van der Waals surface area contributed by atoms with Crippen molar-refractivity contribution >= 4 is 17.8 Å². The number of carbonyl (C=O) groups excluding carboxylic acids is 1. The first-order chi connectivity index (χ1) is 9.60. The zero-order valence-electron chi connectivity index (χ0n) is 11.9. The summed E-state index contributed by atoms with van der Waals surface area (Å²) in [4.78, 5) is 23.7. The number of hydrogen-bond donors (Lipinski definition) is 4. The summed E-state index contributed by atoms with van der Waals surface area (Å²) in [5.41, 5.74) is 2.32. The van der Waals surface area contributed by atoms with Crippen LogP contribution >= 0.6 is 0 Å². The molecule has 9 nitrogen and oxygen atoms in total. The van der Waals surface area contributed by atoms with Crippen molar-refractivity contribution in [1.29, 1.82) is 0 Å². The highest BCUT2D eigenvalue weighted by atomic mass is 16.5. The van der Waals surface area contributed by atoms with Gasteiger partial charge in [-0.25, -0.2) is 5.84 Å². The normalized spacial score (nSPS) is 11.6. The van der Waals surface area contributed by atoms with Gasteiger partial charge in [-0.3, -0.25) is 10.2 Å². The van der Waals surface area contributed by atoms with E-state index in [1.807, 2.05) is 13.8 Å². The van der Waals surface area contributed by atoms with Crippen LogP contribution in [0.15, 0.2) is 0 Å². The fourth-order valence-electron chi connectivity index (χ4n) is 1.34. The maximum atomic E-state index is 11.8. The van der Waals surface area contributed by atoms with Crippen molar-refractivity contribution in [2.24, 2.45) is 5.84 Å². The summed E-state index contributed by atoms with van der Waals surface area (Å²) in [5, 5.41) is 5.65. The summed E-state index contributed by atoms with van der Waals surface area (Å²) in [6.07, 6.45) is 0.875. The van der Waals surface area contributed by atoms with Crippen molar-refractivity contribution in [1.82, 2.24) is 20.3 Å². The number of hydrogen-bond acceptors (Lipinski definition) is 8. The number of anilines is 2. The van der Waals surface area contributed by atoms with E-state index >= 15 is 0 Å². The smallest absolute Gasteiger partial charge is 0.323 e. The van der Waals surface area contributed by atoms with Gasteiger partial charge in [0.15, 0.2) is 0 Å². The van der Waals surface area contributed by atoms with E-state index in [0.717, 1.165) is 6.42 Å². The van der Waals surface area contributed by atoms with E-state index in [2.05, 4.69) is 31.0 Å². The van der Waals surface area contributed by atoms with Gasteiger partial charge in [0.2, 0.25) is 17.8 Å². The minimum Gasteiger partial charge on any atom is -0.464 e. The van der Waals surface area contributed by atoms with Crippen molar-refractivity contribution < 1.29 is 9.53 Å². The van der Waals surface area contributed by atoms with E-state index in [9.17, 15) is 4.79 Å². The van der Waals surface area contributed by atoms with Crippen LogP contribution in [0.5, 0.6) is 6.01 Å². The predicted octanol–water partition coefficient (Wildman–Crippen LogP) is -0.117. The Balaban J connectivity index is 2.74. The van der Waals surface area contributed by atoms with Crippen molar-refractivity contribution in [2.75, 3.05) is 23.9 Å². The number of carbonyl (C=O) groups is 1. The van der Waals surface area contributed by atoms with Gasteiger partial charge in [-0.2, -0.15) is 15.0 Å². The lowest BCUT2D eigenvalue weighted by Gasteiger charge is -2.14. The van der Waals surface area contributed by atoms with Crippen molar-refractivity contribution in [3.05, 3.63) is 0 Å². The standard InChI is InChI=1S/C11H21N7O2/c1-4-6-13-8(19)7(3)14-9-15-10(18-12)17-11(16-9)20-5-2/h7H,4-6,12H2,1-3H3,(H,13,19)(H2,14,15,16,17,18). The fourth-order valence-corrected chi connectivity index (χ4v) is 1.34.